The third-order valence-corrected chi connectivity index (χ3v) is 5.67. The number of fused-ring (bicyclic) bond motifs is 1. The number of hydrogen-bond acceptors (Lipinski definition) is 4. The van der Waals surface area contributed by atoms with Crippen molar-refractivity contribution in [1.29, 1.82) is 0 Å². The minimum absolute atomic E-state index is 0.224. The molecule has 4 aromatic rings. The number of nitrogens with zero attached hydrogens (tertiary/aromatic N) is 2. The van der Waals surface area contributed by atoms with E-state index in [2.05, 4.69) is 10.1 Å². The molecule has 0 saturated carbocycles. The molecule has 7 heteroatoms. The van der Waals surface area contributed by atoms with Crippen molar-refractivity contribution < 1.29 is 9.21 Å². The molecule has 0 radical (unpaired) electrons. The Balaban J connectivity index is 1.77. The zero-order valence-electron chi connectivity index (χ0n) is 16.6. The lowest BCUT2D eigenvalue weighted by Crippen LogP contribution is -2.23. The number of aromatic nitrogens is 1. The van der Waals surface area contributed by atoms with Gasteiger partial charge in [0.1, 0.15) is 11.8 Å². The monoisotopic (exact) mass is 431 g/mol. The molecule has 1 aliphatic heterocycles. The van der Waals surface area contributed by atoms with Crippen LogP contribution in [0.5, 0.6) is 0 Å². The largest absolute Gasteiger partial charge is 0.467 e. The number of furan rings is 1. The maximum Gasteiger partial charge on any atom is 0.258 e. The normalized spacial score (nSPS) is 16.0. The third kappa shape index (κ3) is 3.35. The van der Waals surface area contributed by atoms with E-state index in [1.807, 2.05) is 42.5 Å². The molecule has 2 aromatic heterocycles. The van der Waals surface area contributed by atoms with Gasteiger partial charge < -0.3 is 9.40 Å². The molecular formula is C24H18ClN3O3. The SMILES string of the molecule is CC(=O)N1N=C(c2c(-c3ccccc3)c3cc(Cl)ccc3[nH]c2=O)CC1c1ccco1. The van der Waals surface area contributed by atoms with Crippen molar-refractivity contribution in [3.63, 3.8) is 0 Å². The van der Waals surface area contributed by atoms with Gasteiger partial charge in [-0.25, -0.2) is 5.01 Å². The first kappa shape index (κ1) is 19.3. The van der Waals surface area contributed by atoms with E-state index < -0.39 is 6.04 Å². The second-order valence-electron chi connectivity index (χ2n) is 7.41. The summed E-state index contributed by atoms with van der Waals surface area (Å²) in [4.78, 5) is 28.5. The number of carbonyl (C=O) groups is 1. The van der Waals surface area contributed by atoms with Gasteiger partial charge in [0, 0.05) is 34.8 Å². The van der Waals surface area contributed by atoms with Crippen molar-refractivity contribution in [3.05, 3.63) is 93.6 Å². The Kier molecular flexibility index (Phi) is 4.71. The van der Waals surface area contributed by atoms with Gasteiger partial charge in [-0.15, -0.1) is 0 Å². The highest BCUT2D eigenvalue weighted by Crippen LogP contribution is 2.37. The van der Waals surface area contributed by atoms with Gasteiger partial charge in [-0.05, 0) is 35.9 Å². The number of amides is 1. The van der Waals surface area contributed by atoms with Crippen LogP contribution in [-0.2, 0) is 4.79 Å². The fraction of sp³-hybridized carbons (Fsp3) is 0.125. The van der Waals surface area contributed by atoms with Crippen LogP contribution < -0.4 is 5.56 Å². The summed E-state index contributed by atoms with van der Waals surface area (Å²) in [5.74, 6) is 0.397. The van der Waals surface area contributed by atoms with E-state index in [1.165, 1.54) is 11.9 Å². The van der Waals surface area contributed by atoms with Crippen molar-refractivity contribution in [3.8, 4) is 11.1 Å². The number of halogens is 1. The Hall–Kier alpha value is -3.64. The smallest absolute Gasteiger partial charge is 0.258 e. The summed E-state index contributed by atoms with van der Waals surface area (Å²) in [5.41, 5.74) is 2.98. The number of hydrogen-bond donors (Lipinski definition) is 1. The van der Waals surface area contributed by atoms with E-state index in [9.17, 15) is 9.59 Å². The minimum atomic E-state index is -0.402. The van der Waals surface area contributed by atoms with Crippen LogP contribution in [0.1, 0.15) is 30.7 Å². The van der Waals surface area contributed by atoms with Gasteiger partial charge in [0.05, 0.1) is 17.5 Å². The second kappa shape index (κ2) is 7.56. The van der Waals surface area contributed by atoms with Gasteiger partial charge in [0.25, 0.3) is 5.56 Å². The molecular weight excluding hydrogens is 414 g/mol. The summed E-state index contributed by atoms with van der Waals surface area (Å²) < 4.78 is 5.54. The van der Waals surface area contributed by atoms with Crippen LogP contribution in [0.4, 0.5) is 0 Å². The molecule has 6 nitrogen and oxygen atoms in total. The zero-order chi connectivity index (χ0) is 21.5. The summed E-state index contributed by atoms with van der Waals surface area (Å²) in [7, 11) is 0. The van der Waals surface area contributed by atoms with Gasteiger partial charge in [0.2, 0.25) is 5.91 Å². The van der Waals surface area contributed by atoms with E-state index in [0.717, 1.165) is 16.5 Å². The van der Waals surface area contributed by atoms with Gasteiger partial charge in [-0.3, -0.25) is 9.59 Å². The predicted molar refractivity (Wildman–Crippen MR) is 120 cm³/mol. The highest BCUT2D eigenvalue weighted by Gasteiger charge is 2.35. The number of pyridine rings is 1. The van der Waals surface area contributed by atoms with Crippen molar-refractivity contribution in [2.24, 2.45) is 5.10 Å². The van der Waals surface area contributed by atoms with Crippen molar-refractivity contribution in [1.82, 2.24) is 9.99 Å². The topological polar surface area (TPSA) is 78.7 Å². The molecule has 1 aliphatic rings. The fourth-order valence-electron chi connectivity index (χ4n) is 4.10. The summed E-state index contributed by atoms with van der Waals surface area (Å²) in [6.07, 6.45) is 1.92. The second-order valence-corrected chi connectivity index (χ2v) is 7.84. The Morgan fingerprint density at radius 1 is 1.13 bits per heavy atom. The van der Waals surface area contributed by atoms with E-state index in [4.69, 9.17) is 16.0 Å². The zero-order valence-corrected chi connectivity index (χ0v) is 17.4. The first-order chi connectivity index (χ1) is 15.0. The van der Waals surface area contributed by atoms with Crippen molar-refractivity contribution in [2.75, 3.05) is 0 Å². The average Bonchev–Trinajstić information content (AvgIpc) is 3.43. The van der Waals surface area contributed by atoms with E-state index in [-0.39, 0.29) is 11.5 Å². The van der Waals surface area contributed by atoms with Crippen molar-refractivity contribution in [2.45, 2.75) is 19.4 Å². The lowest BCUT2D eigenvalue weighted by molar-refractivity contribution is -0.130. The van der Waals surface area contributed by atoms with Gasteiger partial charge in [-0.2, -0.15) is 5.10 Å². The lowest BCUT2D eigenvalue weighted by atomic mass is 9.92. The summed E-state index contributed by atoms with van der Waals surface area (Å²) >= 11 is 6.30. The van der Waals surface area contributed by atoms with Crippen LogP contribution in [0.25, 0.3) is 22.0 Å². The Bertz CT molecular complexity index is 1370. The maximum absolute atomic E-state index is 13.3. The molecule has 1 unspecified atom stereocenters. The van der Waals surface area contributed by atoms with Crippen LogP contribution >= 0.6 is 11.6 Å². The molecule has 0 saturated heterocycles. The number of hydrazone groups is 1. The number of rotatable bonds is 3. The Morgan fingerprint density at radius 3 is 2.65 bits per heavy atom. The fourth-order valence-corrected chi connectivity index (χ4v) is 4.27. The van der Waals surface area contributed by atoms with E-state index in [0.29, 0.717) is 34.0 Å². The first-order valence-electron chi connectivity index (χ1n) is 9.85. The van der Waals surface area contributed by atoms with E-state index >= 15 is 0 Å². The highest BCUT2D eigenvalue weighted by molar-refractivity contribution is 6.31. The number of nitrogens with one attached hydrogen (secondary N) is 1. The van der Waals surface area contributed by atoms with Crippen molar-refractivity contribution >= 4 is 34.1 Å². The molecule has 3 heterocycles. The Morgan fingerprint density at radius 2 is 1.94 bits per heavy atom. The molecule has 2 aromatic carbocycles. The Labute approximate surface area is 182 Å². The first-order valence-corrected chi connectivity index (χ1v) is 10.2. The van der Waals surface area contributed by atoms with Crippen LogP contribution in [0.3, 0.4) is 0 Å². The average molecular weight is 432 g/mol. The quantitative estimate of drug-likeness (QED) is 0.487. The molecule has 1 N–H and O–H groups in total. The molecule has 154 valence electrons. The number of H-pyrrole nitrogens is 1. The highest BCUT2D eigenvalue weighted by atomic mass is 35.5. The molecule has 1 atom stereocenters. The van der Waals surface area contributed by atoms with Crippen LogP contribution in [0, 0.1) is 0 Å². The number of benzene rings is 2. The maximum atomic E-state index is 13.3. The van der Waals surface area contributed by atoms with Crippen LogP contribution in [0.15, 0.2) is 81.2 Å². The van der Waals surface area contributed by atoms with Crippen LogP contribution in [0.2, 0.25) is 5.02 Å². The lowest BCUT2D eigenvalue weighted by Gasteiger charge is -2.17. The molecule has 1 amide bonds. The molecule has 31 heavy (non-hydrogen) atoms. The van der Waals surface area contributed by atoms with Gasteiger partial charge in [0.15, 0.2) is 0 Å². The van der Waals surface area contributed by atoms with E-state index in [1.54, 1.807) is 24.5 Å². The standard InChI is InChI=1S/C24H18ClN3O3/c1-14(29)28-20(21-8-5-11-31-21)13-19(27-28)23-22(15-6-3-2-4-7-15)17-12-16(25)9-10-18(17)26-24(23)30/h2-12,20H,13H2,1H3,(H,26,30). The summed E-state index contributed by atoms with van der Waals surface area (Å²) in [5, 5.41) is 7.31. The molecule has 5 rings (SSSR count). The number of aromatic amines is 1. The molecule has 0 aliphatic carbocycles. The van der Waals surface area contributed by atoms with Gasteiger partial charge in [-0.1, -0.05) is 41.9 Å². The summed E-state index contributed by atoms with van der Waals surface area (Å²) in [6, 6.07) is 18.2. The molecule has 0 fully saturated rings. The minimum Gasteiger partial charge on any atom is -0.467 e. The predicted octanol–water partition coefficient (Wildman–Crippen LogP) is 5.14. The number of carbonyl (C=O) groups excluding carboxylic acids is 1. The third-order valence-electron chi connectivity index (χ3n) is 5.43. The van der Waals surface area contributed by atoms with Crippen LogP contribution in [-0.4, -0.2) is 21.6 Å². The molecule has 0 bridgehead atoms. The van der Waals surface area contributed by atoms with Gasteiger partial charge >= 0.3 is 0 Å². The summed E-state index contributed by atoms with van der Waals surface area (Å²) in [6.45, 7) is 1.45. The molecule has 0 spiro atoms.